The average molecular weight is 352 g/mol. The van der Waals surface area contributed by atoms with E-state index in [-0.39, 0.29) is 11.3 Å². The lowest BCUT2D eigenvalue weighted by Crippen LogP contribution is -2.45. The summed E-state index contributed by atoms with van der Waals surface area (Å²) >= 11 is 0. The predicted molar refractivity (Wildman–Crippen MR) is 95.8 cm³/mol. The minimum Gasteiger partial charge on any atom is -0.421 e. The number of carbonyl (C=O) groups excluding carboxylic acids is 1. The molecule has 0 fully saturated rings. The monoisotopic (exact) mass is 352 g/mol. The van der Waals surface area contributed by atoms with Crippen LogP contribution >= 0.6 is 0 Å². The quantitative estimate of drug-likeness (QED) is 0.837. The van der Waals surface area contributed by atoms with Gasteiger partial charge in [-0.1, -0.05) is 12.1 Å². The molecule has 3 heterocycles. The molecule has 0 spiro atoms. The number of alkyl carbamates (subject to hydrolysis) is 1. The highest BCUT2D eigenvalue weighted by atomic mass is 16.6. The van der Waals surface area contributed by atoms with Crippen LogP contribution in [0.4, 0.5) is 4.79 Å². The number of rotatable bonds is 2. The molecule has 1 unspecified atom stereocenters. The van der Waals surface area contributed by atoms with Crippen molar-refractivity contribution in [2.75, 3.05) is 14.1 Å². The molecule has 0 saturated heterocycles. The summed E-state index contributed by atoms with van der Waals surface area (Å²) in [5.41, 5.74) is 1.70. The molecule has 0 aliphatic carbocycles. The molecule has 132 valence electrons. The van der Waals surface area contributed by atoms with Gasteiger partial charge in [-0.2, -0.15) is 0 Å². The van der Waals surface area contributed by atoms with Crippen LogP contribution in [0.25, 0.3) is 16.7 Å². The summed E-state index contributed by atoms with van der Waals surface area (Å²) < 4.78 is 5.38. The summed E-state index contributed by atoms with van der Waals surface area (Å²) in [5.74, 6) is 0.533. The number of para-hydroxylation sites is 2. The predicted octanol–water partition coefficient (Wildman–Crippen LogP) is 1.03. The van der Waals surface area contributed by atoms with Gasteiger partial charge in [0.1, 0.15) is 0 Å². The Morgan fingerprint density at radius 1 is 1.35 bits per heavy atom. The molecular weight excluding hydrogens is 336 g/mol. The third-order valence-electron chi connectivity index (χ3n) is 4.08. The molecule has 1 aromatic carbocycles. The number of nitrogens with zero attached hydrogens (tertiary/aromatic N) is 4. The van der Waals surface area contributed by atoms with E-state index in [0.29, 0.717) is 22.7 Å². The highest BCUT2D eigenvalue weighted by Gasteiger charge is 2.37. The molecule has 4 rings (SSSR count). The van der Waals surface area contributed by atoms with Crippen molar-refractivity contribution >= 4 is 28.8 Å². The minimum atomic E-state index is -0.744. The van der Waals surface area contributed by atoms with E-state index in [4.69, 9.17) is 4.74 Å². The molecule has 2 aliphatic heterocycles. The summed E-state index contributed by atoms with van der Waals surface area (Å²) in [5, 5.41) is 2.42. The molecule has 0 bridgehead atoms. The zero-order valence-corrected chi connectivity index (χ0v) is 14.1. The fraction of sp³-hybridized carbons (Fsp3) is 0.176. The van der Waals surface area contributed by atoms with Crippen molar-refractivity contribution in [3.63, 3.8) is 0 Å². The number of aromatic nitrogens is 2. The number of aromatic amines is 1. The highest BCUT2D eigenvalue weighted by Crippen LogP contribution is 2.30. The maximum atomic E-state index is 12.6. The fourth-order valence-electron chi connectivity index (χ4n) is 2.89. The van der Waals surface area contributed by atoms with Gasteiger partial charge in [0.05, 0.1) is 16.7 Å². The van der Waals surface area contributed by atoms with E-state index in [9.17, 15) is 9.59 Å². The van der Waals surface area contributed by atoms with E-state index in [1.165, 1.54) is 7.05 Å². The smallest absolute Gasteiger partial charge is 0.409 e. The number of hydrogen-bond acceptors (Lipinski definition) is 7. The van der Waals surface area contributed by atoms with Crippen LogP contribution in [0.15, 0.2) is 52.5 Å². The first-order valence-electron chi connectivity index (χ1n) is 7.94. The lowest BCUT2D eigenvalue weighted by Gasteiger charge is -2.31. The van der Waals surface area contributed by atoms with Crippen LogP contribution in [0.1, 0.15) is 5.69 Å². The van der Waals surface area contributed by atoms with E-state index < -0.39 is 12.3 Å². The summed E-state index contributed by atoms with van der Waals surface area (Å²) in [6.07, 6.45) is 3.59. The lowest BCUT2D eigenvalue weighted by atomic mass is 10.2. The first kappa shape index (κ1) is 15.9. The second kappa shape index (κ2) is 6.03. The van der Waals surface area contributed by atoms with Crippen LogP contribution in [0, 0.1) is 0 Å². The molecule has 2 N–H and O–H groups in total. The Hall–Kier alpha value is -3.62. The highest BCUT2D eigenvalue weighted by molar-refractivity contribution is 5.96. The molecule has 2 aliphatic rings. The third kappa shape index (κ3) is 2.50. The number of fused-ring (bicyclic) bond motifs is 2. The van der Waals surface area contributed by atoms with E-state index >= 15 is 0 Å². The number of H-pyrrole nitrogens is 1. The third-order valence-corrected chi connectivity index (χ3v) is 4.08. The van der Waals surface area contributed by atoms with Gasteiger partial charge in [-0.05, 0) is 18.2 Å². The molecule has 26 heavy (non-hydrogen) atoms. The number of aliphatic imine (C=N–C) groups is 1. The Bertz CT molecular complexity index is 1040. The van der Waals surface area contributed by atoms with Gasteiger partial charge in [0.25, 0.3) is 5.56 Å². The minimum absolute atomic E-state index is 0.224. The number of nitrogens with one attached hydrogen (secondary N) is 2. The van der Waals surface area contributed by atoms with Gasteiger partial charge in [-0.15, -0.1) is 0 Å². The van der Waals surface area contributed by atoms with Crippen LogP contribution in [0.5, 0.6) is 0 Å². The van der Waals surface area contributed by atoms with Gasteiger partial charge in [-0.3, -0.25) is 9.69 Å². The molecule has 1 atom stereocenters. The summed E-state index contributed by atoms with van der Waals surface area (Å²) in [6.45, 7) is 0. The van der Waals surface area contributed by atoms with E-state index in [1.807, 2.05) is 18.2 Å². The number of amides is 1. The van der Waals surface area contributed by atoms with E-state index in [1.54, 1.807) is 41.4 Å². The zero-order chi connectivity index (χ0) is 18.3. The van der Waals surface area contributed by atoms with Gasteiger partial charge in [0.15, 0.2) is 5.69 Å². The van der Waals surface area contributed by atoms with Crippen molar-refractivity contribution in [3.8, 4) is 0 Å². The number of hydrogen-bond donors (Lipinski definition) is 2. The Labute approximate surface area is 148 Å². The summed E-state index contributed by atoms with van der Waals surface area (Å²) in [4.78, 5) is 39.3. The van der Waals surface area contributed by atoms with E-state index in [0.717, 1.165) is 0 Å². The molecule has 0 saturated carbocycles. The normalized spacial score (nSPS) is 18.5. The first-order chi connectivity index (χ1) is 12.6. The number of guanidine groups is 1. The maximum absolute atomic E-state index is 12.6. The second-order valence-electron chi connectivity index (χ2n) is 5.74. The standard InChI is InChI=1S/C17H16N6O3/c1-18-17(25)26-13-7-8-19-16-22(2)9-12(23(13)16)14-15(24)21-11-6-4-3-5-10(11)20-14/h3-9,13H,1-2H3,(H,18,25)(H,21,24). The SMILES string of the molecule is CNC(=O)OC1C=CN=C2N(C)C=C(c3nc4ccccc4[nH]c3=O)N21. The molecule has 2 aromatic rings. The van der Waals surface area contributed by atoms with Crippen molar-refractivity contribution in [3.05, 3.63) is 58.8 Å². The van der Waals surface area contributed by atoms with Gasteiger partial charge in [0, 0.05) is 26.5 Å². The first-order valence-corrected chi connectivity index (χ1v) is 7.94. The molecule has 9 heteroatoms. The number of ether oxygens (including phenoxy) is 1. The van der Waals surface area contributed by atoms with Crippen LogP contribution in [0.2, 0.25) is 0 Å². The van der Waals surface area contributed by atoms with Crippen molar-refractivity contribution < 1.29 is 9.53 Å². The van der Waals surface area contributed by atoms with Crippen molar-refractivity contribution in [2.45, 2.75) is 6.23 Å². The van der Waals surface area contributed by atoms with E-state index in [2.05, 4.69) is 20.3 Å². The van der Waals surface area contributed by atoms with Crippen LogP contribution < -0.4 is 10.9 Å². The number of carbonyl (C=O) groups is 1. The Morgan fingerprint density at radius 3 is 2.96 bits per heavy atom. The largest absolute Gasteiger partial charge is 0.421 e. The van der Waals surface area contributed by atoms with Gasteiger partial charge in [0.2, 0.25) is 12.2 Å². The number of benzene rings is 1. The maximum Gasteiger partial charge on any atom is 0.409 e. The van der Waals surface area contributed by atoms with Crippen LogP contribution in [0.3, 0.4) is 0 Å². The van der Waals surface area contributed by atoms with Crippen molar-refractivity contribution in [1.29, 1.82) is 0 Å². The van der Waals surface area contributed by atoms with Gasteiger partial charge in [-0.25, -0.2) is 14.8 Å². The van der Waals surface area contributed by atoms with Crippen LogP contribution in [-0.2, 0) is 4.74 Å². The average Bonchev–Trinajstić information content (AvgIpc) is 2.99. The zero-order valence-electron chi connectivity index (χ0n) is 14.1. The summed E-state index contributed by atoms with van der Waals surface area (Å²) in [7, 11) is 3.27. The lowest BCUT2D eigenvalue weighted by molar-refractivity contribution is 0.0764. The molecular formula is C17H16N6O3. The fourth-order valence-corrected chi connectivity index (χ4v) is 2.89. The molecule has 1 aromatic heterocycles. The van der Waals surface area contributed by atoms with Gasteiger partial charge >= 0.3 is 6.09 Å². The van der Waals surface area contributed by atoms with Gasteiger partial charge < -0.3 is 19.9 Å². The van der Waals surface area contributed by atoms with Crippen molar-refractivity contribution in [2.24, 2.45) is 4.99 Å². The Balaban J connectivity index is 1.80. The molecule has 9 nitrogen and oxygen atoms in total. The Kier molecular flexibility index (Phi) is 3.68. The Morgan fingerprint density at radius 2 is 2.15 bits per heavy atom. The second-order valence-corrected chi connectivity index (χ2v) is 5.74. The molecule has 0 radical (unpaired) electrons. The van der Waals surface area contributed by atoms with Crippen LogP contribution in [-0.4, -0.2) is 52.1 Å². The molecule has 1 amide bonds. The summed E-state index contributed by atoms with van der Waals surface area (Å²) in [6, 6.07) is 7.28. The van der Waals surface area contributed by atoms with Crippen molar-refractivity contribution in [1.82, 2.24) is 25.1 Å². The topological polar surface area (TPSA) is 103 Å².